The first-order valence-corrected chi connectivity index (χ1v) is 9.38. The van der Waals surface area contributed by atoms with Gasteiger partial charge >= 0.3 is 6.18 Å². The normalized spacial score (nSPS) is 19.4. The molecule has 10 heteroatoms. The van der Waals surface area contributed by atoms with Crippen molar-refractivity contribution in [2.45, 2.75) is 18.6 Å². The second-order valence-electron chi connectivity index (χ2n) is 5.82. The Morgan fingerprint density at radius 2 is 2.04 bits per heavy atom. The van der Waals surface area contributed by atoms with E-state index in [4.69, 9.17) is 4.74 Å². The number of carbonyl (C=O) groups is 1. The van der Waals surface area contributed by atoms with Crippen molar-refractivity contribution in [3.8, 4) is 5.75 Å². The molecular formula is C15H19F3N2O4S. The Hall–Kier alpha value is -1.97. The van der Waals surface area contributed by atoms with Crippen molar-refractivity contribution < 1.29 is 31.1 Å². The van der Waals surface area contributed by atoms with Gasteiger partial charge in [-0.3, -0.25) is 4.79 Å². The summed E-state index contributed by atoms with van der Waals surface area (Å²) in [5.41, 5.74) is 0.257. The molecule has 140 valence electrons. The summed E-state index contributed by atoms with van der Waals surface area (Å²) in [6, 6.07) is 5.61. The van der Waals surface area contributed by atoms with E-state index in [1.54, 1.807) is 6.07 Å². The number of sulfone groups is 1. The van der Waals surface area contributed by atoms with Crippen LogP contribution in [-0.4, -0.2) is 63.1 Å². The van der Waals surface area contributed by atoms with Crippen LogP contribution in [0, 0.1) is 0 Å². The molecule has 1 atom stereocenters. The summed E-state index contributed by atoms with van der Waals surface area (Å²) in [7, 11) is -1.59. The summed E-state index contributed by atoms with van der Waals surface area (Å²) in [4.78, 5) is 13.5. The van der Waals surface area contributed by atoms with E-state index >= 15 is 0 Å². The maximum Gasteiger partial charge on any atom is 0.422 e. The van der Waals surface area contributed by atoms with Crippen LogP contribution in [-0.2, 0) is 14.6 Å². The van der Waals surface area contributed by atoms with Crippen molar-refractivity contribution in [1.29, 1.82) is 0 Å². The molecule has 1 N–H and O–H groups in total. The highest BCUT2D eigenvalue weighted by Crippen LogP contribution is 2.26. The maximum atomic E-state index is 12.3. The van der Waals surface area contributed by atoms with E-state index in [1.165, 1.54) is 30.1 Å². The summed E-state index contributed by atoms with van der Waals surface area (Å²) in [6.07, 6.45) is -4.08. The lowest BCUT2D eigenvalue weighted by atomic mass is 10.2. The summed E-state index contributed by atoms with van der Waals surface area (Å²) in [5.74, 6) is -0.386. The molecule has 1 amide bonds. The molecule has 1 unspecified atom stereocenters. The molecule has 0 aromatic heterocycles. The molecule has 1 heterocycles. The van der Waals surface area contributed by atoms with Gasteiger partial charge in [0.15, 0.2) is 16.4 Å². The van der Waals surface area contributed by atoms with Gasteiger partial charge in [-0.2, -0.15) is 13.2 Å². The van der Waals surface area contributed by atoms with E-state index in [1.807, 2.05) is 0 Å². The number of alkyl halides is 3. The van der Waals surface area contributed by atoms with Gasteiger partial charge in [0.1, 0.15) is 5.75 Å². The lowest BCUT2D eigenvalue weighted by Crippen LogP contribution is -2.40. The van der Waals surface area contributed by atoms with Crippen LogP contribution >= 0.6 is 0 Å². The standard InChI is InChI=1S/C15H19F3N2O4S/c1-20(11-6-7-25(22,23)9-11)14(21)8-19-12-4-2-3-5-13(12)24-10-15(16,17)18/h2-5,11,19H,6-10H2,1H3. The quantitative estimate of drug-likeness (QED) is 0.813. The first kappa shape index (κ1) is 19.4. The summed E-state index contributed by atoms with van der Waals surface area (Å²) in [5, 5.41) is 2.74. The van der Waals surface area contributed by atoms with Gasteiger partial charge in [0.05, 0.1) is 23.7 Å². The lowest BCUT2D eigenvalue weighted by Gasteiger charge is -2.24. The Kier molecular flexibility index (Phi) is 5.81. The highest BCUT2D eigenvalue weighted by atomic mass is 32.2. The first-order valence-electron chi connectivity index (χ1n) is 7.56. The molecule has 1 saturated heterocycles. The lowest BCUT2D eigenvalue weighted by molar-refractivity contribution is -0.153. The minimum atomic E-state index is -4.46. The number of nitrogens with one attached hydrogen (secondary N) is 1. The Labute approximate surface area is 143 Å². The third-order valence-electron chi connectivity index (χ3n) is 3.86. The second kappa shape index (κ2) is 7.51. The number of carbonyl (C=O) groups excluding carboxylic acids is 1. The number of halogens is 3. The number of ether oxygens (including phenoxy) is 1. The highest BCUT2D eigenvalue weighted by molar-refractivity contribution is 7.91. The number of benzene rings is 1. The van der Waals surface area contributed by atoms with Crippen molar-refractivity contribution in [2.75, 3.05) is 37.0 Å². The fourth-order valence-electron chi connectivity index (χ4n) is 2.48. The molecular weight excluding hydrogens is 361 g/mol. The summed E-state index contributed by atoms with van der Waals surface area (Å²) in [6.45, 7) is -1.61. The molecule has 0 spiro atoms. The van der Waals surface area contributed by atoms with Gasteiger partial charge in [0.2, 0.25) is 5.91 Å². The molecule has 1 aromatic rings. The first-order chi connectivity index (χ1) is 11.6. The van der Waals surface area contributed by atoms with Crippen molar-refractivity contribution in [1.82, 2.24) is 4.90 Å². The van der Waals surface area contributed by atoms with Gasteiger partial charge in [-0.05, 0) is 18.6 Å². The zero-order valence-electron chi connectivity index (χ0n) is 13.5. The Bertz CT molecular complexity index is 722. The molecule has 25 heavy (non-hydrogen) atoms. The predicted octanol–water partition coefficient (Wildman–Crippen LogP) is 1.69. The number of rotatable bonds is 6. The SMILES string of the molecule is CN(C(=O)CNc1ccccc1OCC(F)(F)F)C1CCS(=O)(=O)C1. The number of amides is 1. The van der Waals surface area contributed by atoms with Crippen LogP contribution in [0.15, 0.2) is 24.3 Å². The fourth-order valence-corrected chi connectivity index (χ4v) is 4.25. The van der Waals surface area contributed by atoms with Gasteiger partial charge in [-0.25, -0.2) is 8.42 Å². The smallest absolute Gasteiger partial charge is 0.422 e. The molecule has 0 bridgehead atoms. The van der Waals surface area contributed by atoms with Crippen LogP contribution in [0.4, 0.5) is 18.9 Å². The van der Waals surface area contributed by atoms with Crippen molar-refractivity contribution >= 4 is 21.4 Å². The third-order valence-corrected chi connectivity index (χ3v) is 5.61. The number of para-hydroxylation sites is 2. The number of hydrogen-bond acceptors (Lipinski definition) is 5. The van der Waals surface area contributed by atoms with Gasteiger partial charge in [-0.15, -0.1) is 0 Å². The minimum absolute atomic E-state index is 0.0151. The van der Waals surface area contributed by atoms with Crippen LogP contribution in [0.5, 0.6) is 5.75 Å². The van der Waals surface area contributed by atoms with E-state index < -0.39 is 22.6 Å². The molecule has 0 radical (unpaired) electrons. The molecule has 0 aliphatic carbocycles. The summed E-state index contributed by atoms with van der Waals surface area (Å²) < 4.78 is 64.5. The topological polar surface area (TPSA) is 75.7 Å². The van der Waals surface area contributed by atoms with E-state index in [9.17, 15) is 26.4 Å². The number of hydrogen-bond donors (Lipinski definition) is 1. The van der Waals surface area contributed by atoms with Crippen LogP contribution in [0.1, 0.15) is 6.42 Å². The molecule has 6 nitrogen and oxygen atoms in total. The molecule has 1 fully saturated rings. The van der Waals surface area contributed by atoms with Gasteiger partial charge < -0.3 is 15.0 Å². The monoisotopic (exact) mass is 380 g/mol. The zero-order valence-corrected chi connectivity index (χ0v) is 14.4. The molecule has 1 aliphatic rings. The zero-order chi connectivity index (χ0) is 18.7. The van der Waals surface area contributed by atoms with Gasteiger partial charge in [0.25, 0.3) is 0 Å². The average molecular weight is 380 g/mol. The van der Waals surface area contributed by atoms with Crippen LogP contribution < -0.4 is 10.1 Å². The largest absolute Gasteiger partial charge is 0.482 e. The molecule has 0 saturated carbocycles. The Morgan fingerprint density at radius 3 is 2.64 bits per heavy atom. The molecule has 1 aliphatic heterocycles. The summed E-state index contributed by atoms with van der Waals surface area (Å²) >= 11 is 0. The third kappa shape index (κ3) is 5.80. The van der Waals surface area contributed by atoms with E-state index in [-0.39, 0.29) is 41.4 Å². The second-order valence-corrected chi connectivity index (χ2v) is 8.04. The van der Waals surface area contributed by atoms with Crippen molar-refractivity contribution in [2.24, 2.45) is 0 Å². The van der Waals surface area contributed by atoms with Gasteiger partial charge in [0, 0.05) is 13.1 Å². The van der Waals surface area contributed by atoms with Gasteiger partial charge in [-0.1, -0.05) is 12.1 Å². The fraction of sp³-hybridized carbons (Fsp3) is 0.533. The predicted molar refractivity (Wildman–Crippen MR) is 86.3 cm³/mol. The van der Waals surface area contributed by atoms with Crippen LogP contribution in [0.25, 0.3) is 0 Å². The molecule has 1 aromatic carbocycles. The van der Waals surface area contributed by atoms with Crippen molar-refractivity contribution in [3.63, 3.8) is 0 Å². The van der Waals surface area contributed by atoms with Crippen LogP contribution in [0.3, 0.4) is 0 Å². The average Bonchev–Trinajstić information content (AvgIpc) is 2.90. The van der Waals surface area contributed by atoms with E-state index in [2.05, 4.69) is 5.32 Å². The number of anilines is 1. The minimum Gasteiger partial charge on any atom is -0.482 e. The number of nitrogens with zero attached hydrogens (tertiary/aromatic N) is 1. The van der Waals surface area contributed by atoms with E-state index in [0.717, 1.165) is 0 Å². The highest BCUT2D eigenvalue weighted by Gasteiger charge is 2.32. The van der Waals surface area contributed by atoms with E-state index in [0.29, 0.717) is 6.42 Å². The Morgan fingerprint density at radius 1 is 1.36 bits per heavy atom. The Balaban J connectivity index is 1.93. The van der Waals surface area contributed by atoms with Crippen LogP contribution in [0.2, 0.25) is 0 Å². The van der Waals surface area contributed by atoms with Crippen molar-refractivity contribution in [3.05, 3.63) is 24.3 Å². The number of likely N-dealkylation sites (N-methyl/N-ethyl adjacent to an activating group) is 1. The maximum absolute atomic E-state index is 12.3. The molecule has 2 rings (SSSR count).